The van der Waals surface area contributed by atoms with E-state index in [-0.39, 0.29) is 0 Å². The summed E-state index contributed by atoms with van der Waals surface area (Å²) in [5.74, 6) is 2.04. The second-order valence-corrected chi connectivity index (χ2v) is 5.38. The van der Waals surface area contributed by atoms with Crippen LogP contribution in [0.1, 0.15) is 58.2 Å². The zero-order chi connectivity index (χ0) is 12.8. The molecule has 1 aliphatic rings. The van der Waals surface area contributed by atoms with Gasteiger partial charge in [0.05, 0.1) is 6.54 Å². The Bertz CT molecular complexity index is 339. The van der Waals surface area contributed by atoms with E-state index < -0.39 is 0 Å². The molecule has 0 bridgehead atoms. The Kier molecular flexibility index (Phi) is 5.17. The molecule has 1 heterocycles. The molecule has 0 spiro atoms. The third kappa shape index (κ3) is 3.55. The van der Waals surface area contributed by atoms with Gasteiger partial charge < -0.3 is 5.32 Å². The number of aromatic nitrogens is 3. The van der Waals surface area contributed by atoms with Crippen molar-refractivity contribution in [1.82, 2.24) is 20.1 Å². The first kappa shape index (κ1) is 13.5. The van der Waals surface area contributed by atoms with E-state index in [0.29, 0.717) is 6.04 Å². The monoisotopic (exact) mass is 250 g/mol. The average Bonchev–Trinajstić information content (AvgIpc) is 2.86. The van der Waals surface area contributed by atoms with Crippen LogP contribution in [0.2, 0.25) is 0 Å². The van der Waals surface area contributed by atoms with Crippen LogP contribution in [0.25, 0.3) is 0 Å². The van der Waals surface area contributed by atoms with Crippen LogP contribution in [0.15, 0.2) is 6.33 Å². The molecule has 4 heteroatoms. The summed E-state index contributed by atoms with van der Waals surface area (Å²) in [6.07, 6.45) is 9.84. The van der Waals surface area contributed by atoms with Gasteiger partial charge in [0, 0.05) is 12.6 Å². The zero-order valence-electron chi connectivity index (χ0n) is 11.7. The minimum atomic E-state index is 0.681. The Morgan fingerprint density at radius 1 is 1.28 bits per heavy atom. The SMILES string of the molecule is CCCC1CCC(NCc2ncnn2CC)CC1. The lowest BCUT2D eigenvalue weighted by atomic mass is 9.83. The minimum Gasteiger partial charge on any atom is -0.307 e. The highest BCUT2D eigenvalue weighted by molar-refractivity contribution is 4.86. The van der Waals surface area contributed by atoms with E-state index in [1.807, 2.05) is 4.68 Å². The van der Waals surface area contributed by atoms with Crippen molar-refractivity contribution in [2.24, 2.45) is 5.92 Å². The molecule has 0 amide bonds. The van der Waals surface area contributed by atoms with Crippen molar-refractivity contribution in [2.45, 2.75) is 71.5 Å². The van der Waals surface area contributed by atoms with Crippen LogP contribution in [0.4, 0.5) is 0 Å². The first-order valence-electron chi connectivity index (χ1n) is 7.43. The van der Waals surface area contributed by atoms with E-state index in [1.165, 1.54) is 38.5 Å². The Balaban J connectivity index is 1.72. The van der Waals surface area contributed by atoms with Crippen molar-refractivity contribution >= 4 is 0 Å². The average molecular weight is 250 g/mol. The van der Waals surface area contributed by atoms with Crippen LogP contribution in [-0.4, -0.2) is 20.8 Å². The smallest absolute Gasteiger partial charge is 0.140 e. The first-order valence-corrected chi connectivity index (χ1v) is 7.43. The van der Waals surface area contributed by atoms with Crippen molar-refractivity contribution < 1.29 is 0 Å². The molecular weight excluding hydrogens is 224 g/mol. The lowest BCUT2D eigenvalue weighted by molar-refractivity contribution is 0.275. The summed E-state index contributed by atoms with van der Waals surface area (Å²) in [4.78, 5) is 4.31. The van der Waals surface area contributed by atoms with Gasteiger partial charge in [-0.15, -0.1) is 0 Å². The van der Waals surface area contributed by atoms with E-state index in [9.17, 15) is 0 Å². The lowest BCUT2D eigenvalue weighted by Crippen LogP contribution is -2.33. The molecule has 0 radical (unpaired) electrons. The number of aryl methyl sites for hydroxylation is 1. The molecule has 1 N–H and O–H groups in total. The molecule has 2 rings (SSSR count). The van der Waals surface area contributed by atoms with Gasteiger partial charge in [0.2, 0.25) is 0 Å². The maximum atomic E-state index is 4.31. The Morgan fingerprint density at radius 3 is 2.72 bits per heavy atom. The maximum Gasteiger partial charge on any atom is 0.140 e. The van der Waals surface area contributed by atoms with Gasteiger partial charge in [-0.3, -0.25) is 0 Å². The van der Waals surface area contributed by atoms with Crippen molar-refractivity contribution in [3.63, 3.8) is 0 Å². The molecule has 0 atom stereocenters. The summed E-state index contributed by atoms with van der Waals surface area (Å²) in [5, 5.41) is 7.84. The third-order valence-corrected chi connectivity index (χ3v) is 4.09. The molecule has 0 aromatic carbocycles. The van der Waals surface area contributed by atoms with Gasteiger partial charge in [0.1, 0.15) is 12.2 Å². The molecule has 102 valence electrons. The van der Waals surface area contributed by atoms with Gasteiger partial charge in [0.15, 0.2) is 0 Å². The molecule has 0 aliphatic heterocycles. The van der Waals surface area contributed by atoms with Gasteiger partial charge in [0.25, 0.3) is 0 Å². The number of nitrogens with zero attached hydrogens (tertiary/aromatic N) is 3. The van der Waals surface area contributed by atoms with Gasteiger partial charge in [-0.05, 0) is 38.5 Å². The van der Waals surface area contributed by atoms with Crippen LogP contribution >= 0.6 is 0 Å². The zero-order valence-corrected chi connectivity index (χ0v) is 11.7. The van der Waals surface area contributed by atoms with Gasteiger partial charge in [-0.2, -0.15) is 5.10 Å². The number of hydrogen-bond donors (Lipinski definition) is 1. The predicted octanol–water partition coefficient (Wildman–Crippen LogP) is 2.75. The van der Waals surface area contributed by atoms with Crippen LogP contribution in [-0.2, 0) is 13.1 Å². The standard InChI is InChI=1S/C14H26N4/c1-3-5-12-6-8-13(9-7-12)15-10-14-16-11-17-18(14)4-2/h11-13,15H,3-10H2,1-2H3. The molecule has 1 aromatic heterocycles. The largest absolute Gasteiger partial charge is 0.307 e. The highest BCUT2D eigenvalue weighted by Gasteiger charge is 2.20. The van der Waals surface area contributed by atoms with Crippen LogP contribution < -0.4 is 5.32 Å². The third-order valence-electron chi connectivity index (χ3n) is 4.09. The van der Waals surface area contributed by atoms with Gasteiger partial charge >= 0.3 is 0 Å². The second-order valence-electron chi connectivity index (χ2n) is 5.38. The van der Waals surface area contributed by atoms with Gasteiger partial charge in [-0.25, -0.2) is 9.67 Å². The van der Waals surface area contributed by atoms with E-state index >= 15 is 0 Å². The minimum absolute atomic E-state index is 0.681. The summed E-state index contributed by atoms with van der Waals surface area (Å²) in [7, 11) is 0. The molecule has 0 saturated heterocycles. The van der Waals surface area contributed by atoms with Crippen LogP contribution in [0.3, 0.4) is 0 Å². The molecule has 1 fully saturated rings. The molecule has 1 aliphatic carbocycles. The number of nitrogens with one attached hydrogen (secondary N) is 1. The Morgan fingerprint density at radius 2 is 2.06 bits per heavy atom. The maximum absolute atomic E-state index is 4.31. The molecule has 0 unspecified atom stereocenters. The predicted molar refractivity (Wildman–Crippen MR) is 73.2 cm³/mol. The highest BCUT2D eigenvalue weighted by Crippen LogP contribution is 2.27. The molecule has 1 aromatic rings. The van der Waals surface area contributed by atoms with Gasteiger partial charge in [-0.1, -0.05) is 19.8 Å². The fourth-order valence-corrected chi connectivity index (χ4v) is 2.99. The molecule has 1 saturated carbocycles. The second kappa shape index (κ2) is 6.88. The highest BCUT2D eigenvalue weighted by atomic mass is 15.3. The quantitative estimate of drug-likeness (QED) is 0.844. The van der Waals surface area contributed by atoms with Crippen LogP contribution in [0.5, 0.6) is 0 Å². The Hall–Kier alpha value is -0.900. The summed E-state index contributed by atoms with van der Waals surface area (Å²) < 4.78 is 1.97. The van der Waals surface area contributed by atoms with E-state index in [1.54, 1.807) is 6.33 Å². The molecule has 4 nitrogen and oxygen atoms in total. The fourth-order valence-electron chi connectivity index (χ4n) is 2.99. The Labute approximate surface area is 110 Å². The van der Waals surface area contributed by atoms with Crippen molar-refractivity contribution in [3.8, 4) is 0 Å². The fraction of sp³-hybridized carbons (Fsp3) is 0.857. The summed E-state index contributed by atoms with van der Waals surface area (Å²) in [6, 6.07) is 0.681. The first-order chi connectivity index (χ1) is 8.83. The molecular formula is C14H26N4. The number of hydrogen-bond acceptors (Lipinski definition) is 3. The topological polar surface area (TPSA) is 42.7 Å². The summed E-state index contributed by atoms with van der Waals surface area (Å²) >= 11 is 0. The van der Waals surface area contributed by atoms with Crippen molar-refractivity contribution in [1.29, 1.82) is 0 Å². The van der Waals surface area contributed by atoms with Crippen molar-refractivity contribution in [2.75, 3.05) is 0 Å². The molecule has 18 heavy (non-hydrogen) atoms. The van der Waals surface area contributed by atoms with E-state index in [4.69, 9.17) is 0 Å². The number of rotatable bonds is 6. The van der Waals surface area contributed by atoms with Crippen LogP contribution in [0, 0.1) is 5.92 Å². The normalized spacial score (nSPS) is 24.3. The summed E-state index contributed by atoms with van der Waals surface area (Å²) in [6.45, 7) is 6.16. The van der Waals surface area contributed by atoms with Crippen molar-refractivity contribution in [3.05, 3.63) is 12.2 Å². The summed E-state index contributed by atoms with van der Waals surface area (Å²) in [5.41, 5.74) is 0. The lowest BCUT2D eigenvalue weighted by Gasteiger charge is -2.28. The van der Waals surface area contributed by atoms with E-state index in [0.717, 1.165) is 24.8 Å². The van der Waals surface area contributed by atoms with E-state index in [2.05, 4.69) is 29.2 Å².